The zero-order valence-electron chi connectivity index (χ0n) is 6.90. The zero-order valence-corrected chi connectivity index (χ0v) is 7.71. The lowest BCUT2D eigenvalue weighted by molar-refractivity contribution is 1.42. The third-order valence-corrected chi connectivity index (χ3v) is 1.33. The van der Waals surface area contributed by atoms with E-state index in [4.69, 9.17) is 22.9 Å². The van der Waals surface area contributed by atoms with Crippen molar-refractivity contribution in [3.8, 4) is 0 Å². The Kier molecular flexibility index (Phi) is 3.87. The van der Waals surface area contributed by atoms with Gasteiger partial charge in [-0.25, -0.2) is 4.99 Å². The van der Waals surface area contributed by atoms with Crippen LogP contribution in [0.3, 0.4) is 0 Å². The van der Waals surface area contributed by atoms with E-state index in [1.165, 1.54) is 0 Å². The first-order valence-corrected chi connectivity index (χ1v) is 3.34. The minimum absolute atomic E-state index is 0. The molecule has 0 amide bonds. The molecule has 0 heterocycles. The summed E-state index contributed by atoms with van der Waals surface area (Å²) in [6, 6.07) is 4.94. The number of aliphatic imine (C=N–C) groups is 1. The molecule has 1 rings (SSSR count). The molecule has 0 aliphatic rings. The number of nitrogens with two attached hydrogens (primary N) is 4. The van der Waals surface area contributed by atoms with E-state index in [0.29, 0.717) is 17.1 Å². The van der Waals surface area contributed by atoms with Crippen LogP contribution in [0.25, 0.3) is 0 Å². The Labute approximate surface area is 82.2 Å². The Morgan fingerprint density at radius 2 is 1.69 bits per heavy atom. The van der Waals surface area contributed by atoms with Crippen LogP contribution in [0.5, 0.6) is 0 Å². The molecule has 0 radical (unpaired) electrons. The van der Waals surface area contributed by atoms with Gasteiger partial charge in [-0.05, 0) is 18.2 Å². The van der Waals surface area contributed by atoms with Crippen molar-refractivity contribution in [1.82, 2.24) is 0 Å². The zero-order chi connectivity index (χ0) is 9.14. The van der Waals surface area contributed by atoms with Crippen LogP contribution >= 0.6 is 12.4 Å². The molecule has 0 aliphatic heterocycles. The van der Waals surface area contributed by atoms with Crippen molar-refractivity contribution >= 4 is 35.4 Å². The third-order valence-electron chi connectivity index (χ3n) is 1.33. The number of guanidine groups is 1. The van der Waals surface area contributed by atoms with Gasteiger partial charge < -0.3 is 22.9 Å². The first kappa shape index (κ1) is 11.4. The highest BCUT2D eigenvalue weighted by Gasteiger charge is 1.95. The Balaban J connectivity index is 0.00000144. The van der Waals surface area contributed by atoms with Crippen LogP contribution in [-0.2, 0) is 0 Å². The quantitative estimate of drug-likeness (QED) is 0.295. The summed E-state index contributed by atoms with van der Waals surface area (Å²) in [5, 5.41) is 0. The topological polar surface area (TPSA) is 116 Å². The van der Waals surface area contributed by atoms with Crippen LogP contribution in [0.4, 0.5) is 17.1 Å². The highest BCUT2D eigenvalue weighted by molar-refractivity contribution is 5.85. The average molecular weight is 202 g/mol. The second kappa shape index (κ2) is 4.42. The summed E-state index contributed by atoms with van der Waals surface area (Å²) >= 11 is 0. The molecule has 8 N–H and O–H groups in total. The molecule has 6 heteroatoms. The largest absolute Gasteiger partial charge is 0.397 e. The van der Waals surface area contributed by atoms with Crippen LogP contribution in [0, 0.1) is 0 Å². The molecule has 0 spiro atoms. The number of nitrogens with zero attached hydrogens (tertiary/aromatic N) is 1. The molecule has 0 unspecified atom stereocenters. The fourth-order valence-corrected chi connectivity index (χ4v) is 0.781. The molecule has 0 saturated heterocycles. The minimum Gasteiger partial charge on any atom is -0.397 e. The Hall–Kier alpha value is -1.62. The smallest absolute Gasteiger partial charge is 0.191 e. The fraction of sp³-hybridized carbons (Fsp3) is 0. The molecule has 0 saturated carbocycles. The summed E-state index contributed by atoms with van der Waals surface area (Å²) in [6.45, 7) is 0. The summed E-state index contributed by atoms with van der Waals surface area (Å²) in [6.07, 6.45) is 0. The van der Waals surface area contributed by atoms with Gasteiger partial charge in [0, 0.05) is 0 Å². The van der Waals surface area contributed by atoms with Gasteiger partial charge in [-0.15, -0.1) is 12.4 Å². The molecule has 72 valence electrons. The van der Waals surface area contributed by atoms with Gasteiger partial charge in [0.2, 0.25) is 0 Å². The van der Waals surface area contributed by atoms with E-state index in [2.05, 4.69) is 4.99 Å². The standard InChI is InChI=1S/C7H11N5.ClH/c8-5-2-1-4(3-6(5)9)12-7(10)11;/h1-3H,8-9H2,(H4,10,11,12);1H. The average Bonchev–Trinajstić information content (AvgIpc) is 1.96. The number of nitrogen functional groups attached to an aromatic ring is 2. The molecule has 0 aromatic heterocycles. The fourth-order valence-electron chi connectivity index (χ4n) is 0.781. The number of rotatable bonds is 1. The highest BCUT2D eigenvalue weighted by Crippen LogP contribution is 2.21. The van der Waals surface area contributed by atoms with Crippen molar-refractivity contribution < 1.29 is 0 Å². The number of hydrogen-bond donors (Lipinski definition) is 4. The molecule has 5 nitrogen and oxygen atoms in total. The summed E-state index contributed by atoms with van der Waals surface area (Å²) in [4.78, 5) is 3.80. The van der Waals surface area contributed by atoms with Gasteiger partial charge in [-0.1, -0.05) is 0 Å². The van der Waals surface area contributed by atoms with Crippen molar-refractivity contribution in [1.29, 1.82) is 0 Å². The van der Waals surface area contributed by atoms with E-state index >= 15 is 0 Å². The van der Waals surface area contributed by atoms with Crippen molar-refractivity contribution in [3.63, 3.8) is 0 Å². The van der Waals surface area contributed by atoms with Crippen LogP contribution < -0.4 is 22.9 Å². The van der Waals surface area contributed by atoms with Crippen LogP contribution in [0.2, 0.25) is 0 Å². The maximum absolute atomic E-state index is 5.52. The van der Waals surface area contributed by atoms with E-state index in [1.54, 1.807) is 18.2 Å². The molecule has 0 bridgehead atoms. The predicted octanol–water partition coefficient (Wildman–Crippen LogP) is 0.178. The first-order chi connectivity index (χ1) is 5.59. The van der Waals surface area contributed by atoms with Crippen molar-refractivity contribution in [3.05, 3.63) is 18.2 Å². The van der Waals surface area contributed by atoms with Crippen LogP contribution in [0.1, 0.15) is 0 Å². The maximum Gasteiger partial charge on any atom is 0.191 e. The second-order valence-electron chi connectivity index (χ2n) is 2.35. The van der Waals surface area contributed by atoms with Crippen molar-refractivity contribution in [2.45, 2.75) is 0 Å². The third kappa shape index (κ3) is 3.08. The number of halogens is 1. The van der Waals surface area contributed by atoms with Gasteiger partial charge in [-0.2, -0.15) is 0 Å². The highest BCUT2D eigenvalue weighted by atomic mass is 35.5. The van der Waals surface area contributed by atoms with E-state index in [1.807, 2.05) is 0 Å². The van der Waals surface area contributed by atoms with Crippen LogP contribution in [-0.4, -0.2) is 5.96 Å². The number of benzene rings is 1. The van der Waals surface area contributed by atoms with Crippen molar-refractivity contribution in [2.75, 3.05) is 11.5 Å². The van der Waals surface area contributed by atoms with E-state index in [-0.39, 0.29) is 18.4 Å². The van der Waals surface area contributed by atoms with Gasteiger partial charge in [0.05, 0.1) is 17.1 Å². The number of hydrogen-bond acceptors (Lipinski definition) is 3. The predicted molar refractivity (Wildman–Crippen MR) is 58.0 cm³/mol. The normalized spacial score (nSPS) is 8.62. The lowest BCUT2D eigenvalue weighted by atomic mass is 10.2. The lowest BCUT2D eigenvalue weighted by Crippen LogP contribution is -2.21. The molecule has 0 aliphatic carbocycles. The second-order valence-corrected chi connectivity index (χ2v) is 2.35. The Morgan fingerprint density at radius 3 is 2.15 bits per heavy atom. The summed E-state index contributed by atoms with van der Waals surface area (Å²) in [5.74, 6) is -0.000767. The molecule has 0 fully saturated rings. The minimum atomic E-state index is -0.000767. The van der Waals surface area contributed by atoms with Gasteiger partial charge in [-0.3, -0.25) is 0 Å². The molecule has 13 heavy (non-hydrogen) atoms. The van der Waals surface area contributed by atoms with E-state index < -0.39 is 0 Å². The maximum atomic E-state index is 5.52. The van der Waals surface area contributed by atoms with Crippen molar-refractivity contribution in [2.24, 2.45) is 16.5 Å². The summed E-state index contributed by atoms with van der Waals surface area (Å²) < 4.78 is 0. The Bertz CT molecular complexity index is 319. The monoisotopic (exact) mass is 201 g/mol. The van der Waals surface area contributed by atoms with Gasteiger partial charge >= 0.3 is 0 Å². The molecule has 1 aromatic carbocycles. The molecular weight excluding hydrogens is 190 g/mol. The van der Waals surface area contributed by atoms with Gasteiger partial charge in [0.15, 0.2) is 5.96 Å². The number of anilines is 2. The summed E-state index contributed by atoms with van der Waals surface area (Å²) in [5.41, 5.74) is 22.9. The first-order valence-electron chi connectivity index (χ1n) is 3.34. The Morgan fingerprint density at radius 1 is 1.08 bits per heavy atom. The van der Waals surface area contributed by atoms with Crippen LogP contribution in [0.15, 0.2) is 23.2 Å². The molecular formula is C7H12ClN5. The summed E-state index contributed by atoms with van der Waals surface area (Å²) in [7, 11) is 0. The molecule has 0 atom stereocenters. The SMILES string of the molecule is Cl.NC(N)=Nc1ccc(N)c(N)c1. The molecule has 1 aromatic rings. The lowest BCUT2D eigenvalue weighted by Gasteiger charge is -2.00. The van der Waals surface area contributed by atoms with Gasteiger partial charge in [0.1, 0.15) is 0 Å². The van der Waals surface area contributed by atoms with Gasteiger partial charge in [0.25, 0.3) is 0 Å². The van der Waals surface area contributed by atoms with E-state index in [9.17, 15) is 0 Å². The van der Waals surface area contributed by atoms with E-state index in [0.717, 1.165) is 0 Å².